The molecule has 0 bridgehead atoms. The van der Waals surface area contributed by atoms with Gasteiger partial charge in [0.25, 0.3) is 11.8 Å². The van der Waals surface area contributed by atoms with Crippen LogP contribution in [0.15, 0.2) is 60.1 Å². The third-order valence-corrected chi connectivity index (χ3v) is 6.66. The maximum Gasteiger partial charge on any atom is 0.272 e. The number of benzene rings is 1. The number of thiophene rings is 1. The van der Waals surface area contributed by atoms with Crippen LogP contribution < -0.4 is 5.32 Å². The highest BCUT2D eigenvalue weighted by Crippen LogP contribution is 2.23. The number of hydrogen-bond acceptors (Lipinski definition) is 3. The molecule has 1 fully saturated rings. The van der Waals surface area contributed by atoms with E-state index in [1.165, 1.54) is 24.1 Å². The third kappa shape index (κ3) is 4.65. The molecule has 1 aliphatic rings. The second-order valence-corrected chi connectivity index (χ2v) is 8.87. The molecule has 2 amide bonds. The Labute approximate surface area is 181 Å². The average molecular weight is 422 g/mol. The molecular weight excluding hydrogens is 394 g/mol. The minimum atomic E-state index is -0.157. The fourth-order valence-electron chi connectivity index (χ4n) is 4.06. The minimum absolute atomic E-state index is 0.0459. The molecule has 2 heterocycles. The zero-order valence-electron chi connectivity index (χ0n) is 17.2. The molecule has 0 spiro atoms. The molecule has 0 unspecified atom stereocenters. The van der Waals surface area contributed by atoms with E-state index >= 15 is 0 Å². The van der Waals surface area contributed by atoms with Crippen molar-refractivity contribution in [3.05, 3.63) is 76.2 Å². The number of carbonyl (C=O) groups excluding carboxylic acids is 2. The van der Waals surface area contributed by atoms with E-state index in [0.717, 1.165) is 12.8 Å². The lowest BCUT2D eigenvalue weighted by Crippen LogP contribution is -2.38. The molecule has 0 saturated heterocycles. The molecule has 30 heavy (non-hydrogen) atoms. The number of rotatable bonds is 6. The Morgan fingerprint density at radius 2 is 1.83 bits per heavy atom. The topological polar surface area (TPSA) is 54.3 Å². The number of nitrogens with zero attached hydrogens (tertiary/aromatic N) is 2. The smallest absolute Gasteiger partial charge is 0.272 e. The number of hydrogen-bond donors (Lipinski definition) is 1. The van der Waals surface area contributed by atoms with Gasteiger partial charge in [-0.15, -0.1) is 11.3 Å². The van der Waals surface area contributed by atoms with Gasteiger partial charge in [0.15, 0.2) is 0 Å². The summed E-state index contributed by atoms with van der Waals surface area (Å²) in [6.45, 7) is 0.675. The first-order valence-electron chi connectivity index (χ1n) is 10.5. The molecule has 0 radical (unpaired) electrons. The number of carbonyl (C=O) groups is 2. The minimum Gasteiger partial charge on any atom is -0.339 e. The number of aromatic nitrogens is 1. The Balaban J connectivity index is 1.39. The summed E-state index contributed by atoms with van der Waals surface area (Å²) in [7, 11) is 1.90. The van der Waals surface area contributed by atoms with Crippen molar-refractivity contribution in [2.24, 2.45) is 0 Å². The number of amides is 2. The van der Waals surface area contributed by atoms with Crippen molar-refractivity contribution < 1.29 is 9.59 Å². The molecule has 5 nitrogen and oxygen atoms in total. The normalized spacial score (nSPS) is 14.4. The van der Waals surface area contributed by atoms with Crippen LogP contribution in [0.4, 0.5) is 5.69 Å². The maximum absolute atomic E-state index is 12.8. The first-order chi connectivity index (χ1) is 14.6. The Morgan fingerprint density at radius 1 is 1.07 bits per heavy atom. The zero-order chi connectivity index (χ0) is 20.9. The van der Waals surface area contributed by atoms with Gasteiger partial charge in [-0.05, 0) is 60.7 Å². The summed E-state index contributed by atoms with van der Waals surface area (Å²) in [5.74, 6) is -0.112. The zero-order valence-corrected chi connectivity index (χ0v) is 18.0. The van der Waals surface area contributed by atoms with Crippen LogP contribution in [0.1, 0.15) is 57.8 Å². The van der Waals surface area contributed by atoms with Crippen LogP contribution in [0, 0.1) is 0 Å². The van der Waals surface area contributed by atoms with E-state index in [4.69, 9.17) is 0 Å². The van der Waals surface area contributed by atoms with Gasteiger partial charge in [-0.25, -0.2) is 0 Å². The van der Waals surface area contributed by atoms with Crippen molar-refractivity contribution in [2.75, 3.05) is 12.4 Å². The van der Waals surface area contributed by atoms with Crippen LogP contribution in [0.3, 0.4) is 0 Å². The lowest BCUT2D eigenvalue weighted by Gasteiger charge is -2.31. The van der Waals surface area contributed by atoms with Gasteiger partial charge in [-0.2, -0.15) is 0 Å². The van der Waals surface area contributed by atoms with E-state index in [1.807, 2.05) is 46.3 Å². The van der Waals surface area contributed by atoms with Gasteiger partial charge in [0.1, 0.15) is 5.69 Å². The first kappa shape index (κ1) is 20.4. The van der Waals surface area contributed by atoms with Gasteiger partial charge >= 0.3 is 0 Å². The summed E-state index contributed by atoms with van der Waals surface area (Å²) in [5.41, 5.74) is 1.95. The van der Waals surface area contributed by atoms with E-state index in [-0.39, 0.29) is 11.8 Å². The second kappa shape index (κ2) is 9.30. The summed E-state index contributed by atoms with van der Waals surface area (Å²) in [5, 5.41) is 4.98. The summed E-state index contributed by atoms with van der Waals surface area (Å²) < 4.78 is 1.94. The molecule has 3 aromatic rings. The van der Waals surface area contributed by atoms with Gasteiger partial charge < -0.3 is 14.8 Å². The van der Waals surface area contributed by atoms with Gasteiger partial charge in [-0.3, -0.25) is 9.59 Å². The molecule has 1 saturated carbocycles. The largest absolute Gasteiger partial charge is 0.339 e. The standard InChI is InChI=1S/C24H27N3O2S/c1-26(20-7-3-2-4-8-20)24(29)18-11-13-19(14-12-18)25-23(28)22-10-5-15-27(22)17-21-9-6-16-30-21/h5-6,9-16,20H,2-4,7-8,17H2,1H3,(H,25,28). The van der Waals surface area contributed by atoms with Gasteiger partial charge in [0.2, 0.25) is 0 Å². The van der Waals surface area contributed by atoms with Crippen molar-refractivity contribution in [3.8, 4) is 0 Å². The van der Waals surface area contributed by atoms with E-state index < -0.39 is 0 Å². The van der Waals surface area contributed by atoms with E-state index in [1.54, 1.807) is 35.6 Å². The highest BCUT2D eigenvalue weighted by Gasteiger charge is 2.23. The maximum atomic E-state index is 12.8. The van der Waals surface area contributed by atoms with Crippen LogP contribution in [0.2, 0.25) is 0 Å². The number of nitrogens with one attached hydrogen (secondary N) is 1. The predicted molar refractivity (Wildman–Crippen MR) is 121 cm³/mol. The third-order valence-electron chi connectivity index (χ3n) is 5.80. The van der Waals surface area contributed by atoms with Crippen LogP contribution >= 0.6 is 11.3 Å². The van der Waals surface area contributed by atoms with Crippen molar-refractivity contribution in [3.63, 3.8) is 0 Å². The fraction of sp³-hybridized carbons (Fsp3) is 0.333. The molecule has 6 heteroatoms. The molecule has 4 rings (SSSR count). The second-order valence-electron chi connectivity index (χ2n) is 7.84. The molecule has 1 aliphatic carbocycles. The van der Waals surface area contributed by atoms with Gasteiger partial charge in [0, 0.05) is 35.4 Å². The Kier molecular flexibility index (Phi) is 6.33. The molecule has 0 atom stereocenters. The van der Waals surface area contributed by atoms with Crippen LogP contribution in [-0.2, 0) is 6.54 Å². The fourth-order valence-corrected chi connectivity index (χ4v) is 4.76. The summed E-state index contributed by atoms with van der Waals surface area (Å²) in [6.07, 6.45) is 7.74. The molecule has 1 aromatic carbocycles. The SMILES string of the molecule is CN(C(=O)c1ccc(NC(=O)c2cccn2Cc2cccs2)cc1)C1CCCCC1. The van der Waals surface area contributed by atoms with Crippen molar-refractivity contribution in [2.45, 2.75) is 44.7 Å². The number of anilines is 1. The first-order valence-corrected chi connectivity index (χ1v) is 11.4. The van der Waals surface area contributed by atoms with Crippen LogP contribution in [0.25, 0.3) is 0 Å². The highest BCUT2D eigenvalue weighted by atomic mass is 32.1. The summed E-state index contributed by atoms with van der Waals surface area (Å²) in [4.78, 5) is 28.6. The Hall–Kier alpha value is -2.86. The quantitative estimate of drug-likeness (QED) is 0.591. The van der Waals surface area contributed by atoms with Crippen molar-refractivity contribution in [1.82, 2.24) is 9.47 Å². The van der Waals surface area contributed by atoms with E-state index in [2.05, 4.69) is 11.4 Å². The molecule has 156 valence electrons. The molecule has 2 aromatic heterocycles. The highest BCUT2D eigenvalue weighted by molar-refractivity contribution is 7.09. The predicted octanol–water partition coefficient (Wildman–Crippen LogP) is 5.25. The van der Waals surface area contributed by atoms with Gasteiger partial charge in [-0.1, -0.05) is 25.3 Å². The Bertz CT molecular complexity index is 986. The molecular formula is C24H27N3O2S. The molecule has 1 N–H and O–H groups in total. The average Bonchev–Trinajstić information content (AvgIpc) is 3.46. The van der Waals surface area contributed by atoms with Gasteiger partial charge in [0.05, 0.1) is 6.54 Å². The monoisotopic (exact) mass is 421 g/mol. The summed E-state index contributed by atoms with van der Waals surface area (Å²) >= 11 is 1.67. The molecule has 0 aliphatic heterocycles. The van der Waals surface area contributed by atoms with Crippen molar-refractivity contribution >= 4 is 28.8 Å². The summed E-state index contributed by atoms with van der Waals surface area (Å²) in [6, 6.07) is 15.3. The van der Waals surface area contributed by atoms with Crippen molar-refractivity contribution in [1.29, 1.82) is 0 Å². The van der Waals surface area contributed by atoms with E-state index in [0.29, 0.717) is 29.5 Å². The van der Waals surface area contributed by atoms with E-state index in [9.17, 15) is 9.59 Å². The lowest BCUT2D eigenvalue weighted by molar-refractivity contribution is 0.0696. The lowest BCUT2D eigenvalue weighted by atomic mass is 9.94. The van der Waals surface area contributed by atoms with Crippen LogP contribution in [-0.4, -0.2) is 34.4 Å². The Morgan fingerprint density at radius 3 is 2.53 bits per heavy atom. The van der Waals surface area contributed by atoms with Crippen LogP contribution in [0.5, 0.6) is 0 Å².